The molecular formula is C22H21ClN6O2. The number of carbonyl (C=O) groups is 1. The number of amides is 1. The largest absolute Gasteiger partial charge is 0.355 e. The maximum Gasteiger partial charge on any atom is 0.267 e. The second-order valence-electron chi connectivity index (χ2n) is 8.01. The fraction of sp³-hybridized carbons (Fsp3) is 0.318. The number of hydrogen-bond acceptors (Lipinski definition) is 6. The predicted molar refractivity (Wildman–Crippen MR) is 117 cm³/mol. The highest BCUT2D eigenvalue weighted by molar-refractivity contribution is 6.30. The molecule has 0 saturated carbocycles. The van der Waals surface area contributed by atoms with Gasteiger partial charge in [0.25, 0.3) is 5.56 Å². The molecule has 0 spiro atoms. The fourth-order valence-corrected chi connectivity index (χ4v) is 4.50. The highest BCUT2D eigenvalue weighted by Gasteiger charge is 2.42. The summed E-state index contributed by atoms with van der Waals surface area (Å²) in [5.74, 6) is 1.57. The van der Waals surface area contributed by atoms with Crippen LogP contribution in [0.15, 0.2) is 59.8 Å². The molecule has 0 radical (unpaired) electrons. The monoisotopic (exact) mass is 436 g/mol. The molecule has 0 bridgehead atoms. The summed E-state index contributed by atoms with van der Waals surface area (Å²) in [6.45, 7) is 3.05. The number of rotatable bonds is 4. The molecule has 158 valence electrons. The van der Waals surface area contributed by atoms with E-state index in [2.05, 4.69) is 20.0 Å². The standard InChI is InChI=1S/C22H21ClN6O2/c23-18-5-3-15(4-6-18)19-8-25-20(9-24-19)27-10-16-12-28(13-17(16)11-27)22(31)14-29-21(30)2-1-7-26-29/h1-9,16-17H,10-14H2. The van der Waals surface area contributed by atoms with Crippen LogP contribution >= 0.6 is 11.6 Å². The number of halogens is 1. The summed E-state index contributed by atoms with van der Waals surface area (Å²) in [7, 11) is 0. The SMILES string of the molecule is O=C(Cn1ncccc1=O)N1CC2CN(c3cnc(-c4ccc(Cl)cc4)cn3)CC2C1. The van der Waals surface area contributed by atoms with Gasteiger partial charge in [0.2, 0.25) is 5.91 Å². The third kappa shape index (κ3) is 4.03. The summed E-state index contributed by atoms with van der Waals surface area (Å²) >= 11 is 5.95. The first-order valence-electron chi connectivity index (χ1n) is 10.2. The van der Waals surface area contributed by atoms with E-state index in [9.17, 15) is 9.59 Å². The topological polar surface area (TPSA) is 84.2 Å². The molecule has 2 aliphatic rings. The number of aromatic nitrogens is 4. The van der Waals surface area contributed by atoms with Crippen molar-refractivity contribution in [3.8, 4) is 11.3 Å². The molecule has 1 aromatic carbocycles. The van der Waals surface area contributed by atoms with E-state index in [4.69, 9.17) is 11.6 Å². The zero-order chi connectivity index (χ0) is 21.4. The predicted octanol–water partition coefficient (Wildman–Crippen LogP) is 1.95. The van der Waals surface area contributed by atoms with Crippen molar-refractivity contribution in [1.82, 2.24) is 24.6 Å². The molecule has 9 heteroatoms. The molecule has 0 aliphatic carbocycles. The lowest BCUT2D eigenvalue weighted by atomic mass is 10.0. The molecule has 4 heterocycles. The van der Waals surface area contributed by atoms with Gasteiger partial charge in [0.1, 0.15) is 12.4 Å². The Hall–Kier alpha value is -3.26. The third-order valence-electron chi connectivity index (χ3n) is 6.01. The van der Waals surface area contributed by atoms with Gasteiger partial charge in [0.15, 0.2) is 0 Å². The molecule has 2 aliphatic heterocycles. The second kappa shape index (κ2) is 8.11. The van der Waals surface area contributed by atoms with Crippen LogP contribution in [0.5, 0.6) is 0 Å². The molecule has 2 fully saturated rings. The van der Waals surface area contributed by atoms with Crippen molar-refractivity contribution in [3.05, 3.63) is 70.4 Å². The van der Waals surface area contributed by atoms with Crippen molar-refractivity contribution in [1.29, 1.82) is 0 Å². The van der Waals surface area contributed by atoms with Crippen LogP contribution in [-0.2, 0) is 11.3 Å². The van der Waals surface area contributed by atoms with E-state index >= 15 is 0 Å². The summed E-state index contributed by atoms with van der Waals surface area (Å²) in [6.07, 6.45) is 5.11. The number of anilines is 1. The fourth-order valence-electron chi connectivity index (χ4n) is 4.37. The Morgan fingerprint density at radius 3 is 2.39 bits per heavy atom. The molecule has 8 nitrogen and oxygen atoms in total. The van der Waals surface area contributed by atoms with Crippen LogP contribution in [0.25, 0.3) is 11.3 Å². The first-order valence-corrected chi connectivity index (χ1v) is 10.6. The molecule has 2 atom stereocenters. The van der Waals surface area contributed by atoms with Crippen molar-refractivity contribution < 1.29 is 4.79 Å². The van der Waals surface area contributed by atoms with Gasteiger partial charge in [-0.3, -0.25) is 14.6 Å². The van der Waals surface area contributed by atoms with Crippen LogP contribution in [0.4, 0.5) is 5.82 Å². The lowest BCUT2D eigenvalue weighted by molar-refractivity contribution is -0.131. The maximum absolute atomic E-state index is 12.6. The Morgan fingerprint density at radius 2 is 1.74 bits per heavy atom. The van der Waals surface area contributed by atoms with Gasteiger partial charge in [-0.2, -0.15) is 5.10 Å². The zero-order valence-corrected chi connectivity index (χ0v) is 17.5. The number of nitrogens with zero attached hydrogens (tertiary/aromatic N) is 6. The van der Waals surface area contributed by atoms with Gasteiger partial charge in [-0.15, -0.1) is 0 Å². The summed E-state index contributed by atoms with van der Waals surface area (Å²) in [5.41, 5.74) is 1.52. The van der Waals surface area contributed by atoms with Gasteiger partial charge in [0.05, 0.1) is 18.1 Å². The van der Waals surface area contributed by atoms with Crippen molar-refractivity contribution in [2.45, 2.75) is 6.54 Å². The number of likely N-dealkylation sites (tertiary alicyclic amines) is 1. The van der Waals surface area contributed by atoms with Gasteiger partial charge < -0.3 is 9.80 Å². The zero-order valence-electron chi connectivity index (χ0n) is 16.8. The number of benzene rings is 1. The molecule has 5 rings (SSSR count). The first kappa shape index (κ1) is 19.7. The Morgan fingerprint density at radius 1 is 1.00 bits per heavy atom. The van der Waals surface area contributed by atoms with Crippen LogP contribution in [0.3, 0.4) is 0 Å². The Kier molecular flexibility index (Phi) is 5.15. The van der Waals surface area contributed by atoms with Gasteiger partial charge in [-0.25, -0.2) is 9.67 Å². The quantitative estimate of drug-likeness (QED) is 0.621. The third-order valence-corrected chi connectivity index (χ3v) is 6.26. The van der Waals surface area contributed by atoms with Gasteiger partial charge in [-0.05, 0) is 18.2 Å². The normalized spacial score (nSPS) is 20.2. The number of hydrogen-bond donors (Lipinski definition) is 0. The lowest BCUT2D eigenvalue weighted by Gasteiger charge is -2.22. The van der Waals surface area contributed by atoms with Gasteiger partial charge in [0, 0.05) is 60.9 Å². The second-order valence-corrected chi connectivity index (χ2v) is 8.45. The van der Waals surface area contributed by atoms with E-state index in [1.54, 1.807) is 18.5 Å². The minimum atomic E-state index is -0.262. The average Bonchev–Trinajstić information content (AvgIpc) is 3.36. The van der Waals surface area contributed by atoms with E-state index < -0.39 is 0 Å². The van der Waals surface area contributed by atoms with E-state index in [1.165, 1.54) is 16.9 Å². The maximum atomic E-state index is 12.6. The van der Waals surface area contributed by atoms with E-state index in [-0.39, 0.29) is 18.0 Å². The molecule has 2 aromatic heterocycles. The van der Waals surface area contributed by atoms with Crippen LogP contribution in [0.2, 0.25) is 5.02 Å². The Labute approximate surface area is 184 Å². The highest BCUT2D eigenvalue weighted by Crippen LogP contribution is 2.33. The summed E-state index contributed by atoms with van der Waals surface area (Å²) in [6, 6.07) is 10.5. The van der Waals surface area contributed by atoms with Crippen molar-refractivity contribution in [2.24, 2.45) is 11.8 Å². The minimum Gasteiger partial charge on any atom is -0.355 e. The molecule has 2 saturated heterocycles. The molecule has 1 amide bonds. The molecule has 31 heavy (non-hydrogen) atoms. The Bertz CT molecular complexity index is 1130. The van der Waals surface area contributed by atoms with Crippen molar-refractivity contribution in [3.63, 3.8) is 0 Å². The van der Waals surface area contributed by atoms with Crippen LogP contribution < -0.4 is 10.5 Å². The molecule has 3 aromatic rings. The lowest BCUT2D eigenvalue weighted by Crippen LogP contribution is -2.38. The highest BCUT2D eigenvalue weighted by atomic mass is 35.5. The number of carbonyl (C=O) groups excluding carboxylic acids is 1. The van der Waals surface area contributed by atoms with Crippen molar-refractivity contribution in [2.75, 3.05) is 31.1 Å². The van der Waals surface area contributed by atoms with Crippen LogP contribution in [-0.4, -0.2) is 56.7 Å². The van der Waals surface area contributed by atoms with Gasteiger partial charge >= 0.3 is 0 Å². The number of fused-ring (bicyclic) bond motifs is 1. The minimum absolute atomic E-state index is 0.0134. The van der Waals surface area contributed by atoms with E-state index in [0.29, 0.717) is 29.9 Å². The van der Waals surface area contributed by atoms with E-state index in [1.807, 2.05) is 29.2 Å². The summed E-state index contributed by atoms with van der Waals surface area (Å²) in [4.78, 5) is 37.7. The molecule has 2 unspecified atom stereocenters. The van der Waals surface area contributed by atoms with Gasteiger partial charge in [-0.1, -0.05) is 23.7 Å². The van der Waals surface area contributed by atoms with E-state index in [0.717, 1.165) is 30.2 Å². The Balaban J connectivity index is 1.20. The first-order chi connectivity index (χ1) is 15.1. The van der Waals surface area contributed by atoms with Crippen LogP contribution in [0.1, 0.15) is 0 Å². The van der Waals surface area contributed by atoms with Crippen LogP contribution in [0, 0.1) is 11.8 Å². The average molecular weight is 437 g/mol. The summed E-state index contributed by atoms with van der Waals surface area (Å²) < 4.78 is 1.21. The summed E-state index contributed by atoms with van der Waals surface area (Å²) in [5, 5.41) is 4.66. The molecule has 0 N–H and O–H groups in total. The smallest absolute Gasteiger partial charge is 0.267 e. The molecular weight excluding hydrogens is 416 g/mol. The van der Waals surface area contributed by atoms with Crippen molar-refractivity contribution >= 4 is 23.3 Å².